The first kappa shape index (κ1) is 21.0. The highest BCUT2D eigenvalue weighted by molar-refractivity contribution is 6.34. The van der Waals surface area contributed by atoms with Crippen LogP contribution in [0.3, 0.4) is 0 Å². The van der Waals surface area contributed by atoms with E-state index in [9.17, 15) is 23.4 Å². The lowest BCUT2D eigenvalue weighted by Gasteiger charge is -2.38. The van der Waals surface area contributed by atoms with Gasteiger partial charge in [-0.1, -0.05) is 18.0 Å². The number of aliphatic hydroxyl groups is 2. The van der Waals surface area contributed by atoms with Gasteiger partial charge in [-0.2, -0.15) is 13.2 Å². The maximum atomic E-state index is 13.1. The van der Waals surface area contributed by atoms with E-state index in [4.69, 9.17) is 11.6 Å². The lowest BCUT2D eigenvalue weighted by Crippen LogP contribution is -2.47. The van der Waals surface area contributed by atoms with Gasteiger partial charge in [-0.15, -0.1) is 0 Å². The second kappa shape index (κ2) is 7.76. The Bertz CT molecular complexity index is 881. The van der Waals surface area contributed by atoms with Gasteiger partial charge in [0.05, 0.1) is 22.1 Å². The maximum absolute atomic E-state index is 13.1. The van der Waals surface area contributed by atoms with Crippen LogP contribution >= 0.6 is 11.6 Å². The van der Waals surface area contributed by atoms with Crippen LogP contribution in [-0.4, -0.2) is 32.9 Å². The Morgan fingerprint density at radius 1 is 1.28 bits per heavy atom. The second-order valence-electron chi connectivity index (χ2n) is 8.57. The summed E-state index contributed by atoms with van der Waals surface area (Å²) in [5, 5.41) is 24.8. The molecular formula is C21H26ClF3N2O2. The summed E-state index contributed by atoms with van der Waals surface area (Å²) in [5.74, 6) is -1.09. The van der Waals surface area contributed by atoms with Gasteiger partial charge in [-0.25, -0.2) is 0 Å². The molecule has 2 aromatic heterocycles. The van der Waals surface area contributed by atoms with Crippen LogP contribution in [0, 0.1) is 5.92 Å². The van der Waals surface area contributed by atoms with E-state index in [0.717, 1.165) is 18.5 Å². The van der Waals surface area contributed by atoms with E-state index in [0.29, 0.717) is 28.4 Å². The fourth-order valence-corrected chi connectivity index (χ4v) is 4.95. The van der Waals surface area contributed by atoms with Gasteiger partial charge in [0.25, 0.3) is 0 Å². The minimum Gasteiger partial charge on any atom is -0.389 e. The van der Waals surface area contributed by atoms with Crippen molar-refractivity contribution in [3.8, 4) is 0 Å². The Labute approximate surface area is 172 Å². The highest BCUT2D eigenvalue weighted by atomic mass is 35.5. The van der Waals surface area contributed by atoms with Crippen molar-refractivity contribution in [2.75, 3.05) is 6.54 Å². The number of aliphatic hydroxyl groups excluding tert-OH is 1. The van der Waals surface area contributed by atoms with Crippen LogP contribution in [0.1, 0.15) is 68.3 Å². The largest absolute Gasteiger partial charge is 0.391 e. The van der Waals surface area contributed by atoms with Gasteiger partial charge >= 0.3 is 6.18 Å². The van der Waals surface area contributed by atoms with E-state index < -0.39 is 23.9 Å². The Kier molecular flexibility index (Phi) is 5.61. The minimum absolute atomic E-state index is 0.0405. The second-order valence-corrected chi connectivity index (χ2v) is 8.98. The summed E-state index contributed by atoms with van der Waals surface area (Å²) in [4.78, 5) is 0. The molecule has 3 unspecified atom stereocenters. The molecule has 4 nitrogen and oxygen atoms in total. The Hall–Kier alpha value is -1.28. The number of hydrogen-bond donors (Lipinski definition) is 3. The molecule has 29 heavy (non-hydrogen) atoms. The van der Waals surface area contributed by atoms with Crippen LogP contribution < -0.4 is 5.32 Å². The summed E-state index contributed by atoms with van der Waals surface area (Å²) in [5.41, 5.74) is 0.873. The third kappa shape index (κ3) is 4.15. The van der Waals surface area contributed by atoms with E-state index in [1.165, 1.54) is 6.42 Å². The van der Waals surface area contributed by atoms with E-state index in [-0.39, 0.29) is 25.8 Å². The minimum atomic E-state index is -4.31. The van der Waals surface area contributed by atoms with Gasteiger partial charge in [0.15, 0.2) is 0 Å². The monoisotopic (exact) mass is 430 g/mol. The third-order valence-electron chi connectivity index (χ3n) is 6.53. The first-order valence-corrected chi connectivity index (χ1v) is 10.6. The van der Waals surface area contributed by atoms with Crippen molar-refractivity contribution in [3.63, 3.8) is 0 Å². The first-order chi connectivity index (χ1) is 13.7. The lowest BCUT2D eigenvalue weighted by molar-refractivity contribution is -0.200. The van der Waals surface area contributed by atoms with E-state index >= 15 is 0 Å². The van der Waals surface area contributed by atoms with Crippen LogP contribution in [-0.2, 0) is 0 Å². The van der Waals surface area contributed by atoms with Gasteiger partial charge in [-0.3, -0.25) is 5.32 Å². The molecular weight excluding hydrogens is 405 g/mol. The van der Waals surface area contributed by atoms with Crippen molar-refractivity contribution in [2.45, 2.75) is 68.9 Å². The standard InChI is InChI=1S/C21H26ClF3N2O2/c22-16-7-3-9-27-17(13-4-1-5-13)10-15(18(16)27)19(28)26-12-20(29)8-2-6-14(11-20)21(23,24)25/h3,7,9-10,13-14,19,26,28-29H,1-2,4-6,8,11-12H2. The fourth-order valence-electron chi connectivity index (χ4n) is 4.68. The van der Waals surface area contributed by atoms with Crippen LogP contribution in [0.15, 0.2) is 24.4 Å². The first-order valence-electron chi connectivity index (χ1n) is 10.2. The molecule has 2 aliphatic rings. The van der Waals surface area contributed by atoms with Crippen LogP contribution in [0.5, 0.6) is 0 Å². The fraction of sp³-hybridized carbons (Fsp3) is 0.619. The average Bonchev–Trinajstić information content (AvgIpc) is 2.98. The maximum Gasteiger partial charge on any atom is 0.391 e. The van der Waals surface area contributed by atoms with Gasteiger partial charge in [0.1, 0.15) is 6.23 Å². The molecule has 2 fully saturated rings. The molecule has 2 aliphatic carbocycles. The van der Waals surface area contributed by atoms with Crippen molar-refractivity contribution in [2.24, 2.45) is 5.92 Å². The molecule has 160 valence electrons. The summed E-state index contributed by atoms with van der Waals surface area (Å²) in [6, 6.07) is 5.52. The quantitative estimate of drug-likeness (QED) is 0.590. The molecule has 0 amide bonds. The van der Waals surface area contributed by atoms with Crippen molar-refractivity contribution in [1.29, 1.82) is 0 Å². The summed E-state index contributed by atoms with van der Waals surface area (Å²) >= 11 is 6.40. The molecule has 0 spiro atoms. The predicted octanol–water partition coefficient (Wildman–Crippen LogP) is 4.92. The lowest BCUT2D eigenvalue weighted by atomic mass is 9.77. The van der Waals surface area contributed by atoms with Gasteiger partial charge in [0, 0.05) is 24.0 Å². The third-order valence-corrected chi connectivity index (χ3v) is 6.83. The molecule has 2 saturated carbocycles. The molecule has 3 N–H and O–H groups in total. The van der Waals surface area contributed by atoms with Gasteiger partial charge in [-0.05, 0) is 62.6 Å². The van der Waals surface area contributed by atoms with E-state index in [1.807, 2.05) is 22.7 Å². The van der Waals surface area contributed by atoms with Crippen LogP contribution in [0.2, 0.25) is 5.02 Å². The summed E-state index contributed by atoms with van der Waals surface area (Å²) in [7, 11) is 0. The number of nitrogens with zero attached hydrogens (tertiary/aromatic N) is 1. The zero-order valence-electron chi connectivity index (χ0n) is 16.1. The SMILES string of the molecule is OC(NCC1(O)CCCC(C(F)(F)F)C1)c1cc(C2CCC2)n2cccc(Cl)c12. The Morgan fingerprint density at radius 2 is 2.03 bits per heavy atom. The Morgan fingerprint density at radius 3 is 2.69 bits per heavy atom. The summed E-state index contributed by atoms with van der Waals surface area (Å²) in [6.07, 6.45) is 0.0933. The average molecular weight is 431 g/mol. The molecule has 0 radical (unpaired) electrons. The molecule has 8 heteroatoms. The highest BCUT2D eigenvalue weighted by Gasteiger charge is 2.47. The zero-order valence-corrected chi connectivity index (χ0v) is 16.8. The molecule has 2 heterocycles. The van der Waals surface area contributed by atoms with E-state index in [2.05, 4.69) is 5.32 Å². The number of hydrogen-bond acceptors (Lipinski definition) is 3. The number of halogens is 4. The highest BCUT2D eigenvalue weighted by Crippen LogP contribution is 2.42. The molecule has 0 aromatic carbocycles. The summed E-state index contributed by atoms with van der Waals surface area (Å²) in [6.45, 7) is -0.110. The Balaban J connectivity index is 1.53. The van der Waals surface area contributed by atoms with Crippen molar-refractivity contribution >= 4 is 17.1 Å². The number of alkyl halides is 3. The van der Waals surface area contributed by atoms with E-state index in [1.54, 1.807) is 6.07 Å². The zero-order chi connectivity index (χ0) is 20.8. The topological polar surface area (TPSA) is 56.9 Å². The molecule has 2 aromatic rings. The smallest absolute Gasteiger partial charge is 0.389 e. The van der Waals surface area contributed by atoms with Crippen LogP contribution in [0.4, 0.5) is 13.2 Å². The summed E-state index contributed by atoms with van der Waals surface area (Å²) < 4.78 is 41.2. The van der Waals surface area contributed by atoms with Crippen LogP contribution in [0.25, 0.3) is 5.52 Å². The molecule has 0 saturated heterocycles. The molecule has 4 rings (SSSR count). The molecule has 3 atom stereocenters. The van der Waals surface area contributed by atoms with Gasteiger partial charge < -0.3 is 14.6 Å². The van der Waals surface area contributed by atoms with Crippen molar-refractivity contribution in [3.05, 3.63) is 40.7 Å². The number of nitrogens with one attached hydrogen (secondary N) is 1. The number of fused-ring (bicyclic) bond motifs is 1. The normalized spacial score (nSPS) is 27.2. The number of rotatable bonds is 5. The van der Waals surface area contributed by atoms with Crippen molar-refractivity contribution in [1.82, 2.24) is 9.72 Å². The molecule has 0 bridgehead atoms. The number of pyridine rings is 1. The molecule has 0 aliphatic heterocycles. The predicted molar refractivity (Wildman–Crippen MR) is 105 cm³/mol. The van der Waals surface area contributed by atoms with Gasteiger partial charge in [0.2, 0.25) is 0 Å². The number of aromatic nitrogens is 1. The van der Waals surface area contributed by atoms with Crippen molar-refractivity contribution < 1.29 is 23.4 Å².